The fourth-order valence-corrected chi connectivity index (χ4v) is 2.39. The summed E-state index contributed by atoms with van der Waals surface area (Å²) in [6.07, 6.45) is 0.483. The van der Waals surface area contributed by atoms with Gasteiger partial charge in [0.2, 0.25) is 0 Å². The fourth-order valence-electron chi connectivity index (χ4n) is 2.39. The first-order valence-corrected chi connectivity index (χ1v) is 6.30. The summed E-state index contributed by atoms with van der Waals surface area (Å²) in [6.45, 7) is 4.83. The molecule has 0 aliphatic carbocycles. The largest absolute Gasteiger partial charge is 0.366 e. The third-order valence-corrected chi connectivity index (χ3v) is 3.31. The number of hydrogen-bond acceptors (Lipinski definition) is 3. The highest BCUT2D eigenvalue weighted by molar-refractivity contribution is 5.48. The molecule has 1 aliphatic rings. The summed E-state index contributed by atoms with van der Waals surface area (Å²) in [5.41, 5.74) is 0.993. The second kappa shape index (κ2) is 5.83. The molecule has 1 aromatic carbocycles. The number of anilines is 1. The van der Waals surface area contributed by atoms with Crippen LogP contribution in [-0.2, 0) is 0 Å². The molecule has 2 rings (SSSR count). The van der Waals surface area contributed by atoms with Crippen molar-refractivity contribution in [1.29, 1.82) is 5.26 Å². The molecule has 1 fully saturated rings. The zero-order chi connectivity index (χ0) is 13.0. The van der Waals surface area contributed by atoms with Crippen molar-refractivity contribution in [3.63, 3.8) is 0 Å². The lowest BCUT2D eigenvalue weighted by Crippen LogP contribution is -2.40. The van der Waals surface area contributed by atoms with Crippen LogP contribution in [0.25, 0.3) is 0 Å². The molecule has 2 unspecified atom stereocenters. The highest BCUT2D eigenvalue weighted by atomic mass is 19.1. The monoisotopic (exact) mass is 247 g/mol. The molecule has 0 amide bonds. The SMILES string of the molecule is CC1CNCC(CC#N)N(c2ccc(F)cc2)C1. The van der Waals surface area contributed by atoms with Crippen LogP contribution < -0.4 is 10.2 Å². The predicted octanol–water partition coefficient (Wildman–Crippen LogP) is 2.15. The van der Waals surface area contributed by atoms with Crippen LogP contribution in [-0.4, -0.2) is 25.7 Å². The Hall–Kier alpha value is -1.60. The Morgan fingerprint density at radius 2 is 2.11 bits per heavy atom. The lowest BCUT2D eigenvalue weighted by atomic mass is 10.1. The smallest absolute Gasteiger partial charge is 0.123 e. The van der Waals surface area contributed by atoms with Crippen molar-refractivity contribution in [2.24, 2.45) is 5.92 Å². The number of nitrogens with one attached hydrogen (secondary N) is 1. The maximum atomic E-state index is 13.0. The second-order valence-corrected chi connectivity index (χ2v) is 4.91. The maximum absolute atomic E-state index is 13.0. The molecule has 0 aromatic heterocycles. The van der Waals surface area contributed by atoms with Gasteiger partial charge in [0.25, 0.3) is 0 Å². The molecule has 0 spiro atoms. The summed E-state index contributed by atoms with van der Waals surface area (Å²) >= 11 is 0. The van der Waals surface area contributed by atoms with Gasteiger partial charge in [-0.2, -0.15) is 5.26 Å². The van der Waals surface area contributed by atoms with Crippen molar-refractivity contribution in [2.45, 2.75) is 19.4 Å². The average molecular weight is 247 g/mol. The molecular weight excluding hydrogens is 229 g/mol. The molecule has 18 heavy (non-hydrogen) atoms. The van der Waals surface area contributed by atoms with Gasteiger partial charge in [-0.25, -0.2) is 4.39 Å². The summed E-state index contributed by atoms with van der Waals surface area (Å²) in [4.78, 5) is 2.22. The van der Waals surface area contributed by atoms with E-state index in [1.54, 1.807) is 12.1 Å². The number of nitriles is 1. The van der Waals surface area contributed by atoms with E-state index in [4.69, 9.17) is 5.26 Å². The molecule has 1 heterocycles. The van der Waals surface area contributed by atoms with Crippen LogP contribution in [0.2, 0.25) is 0 Å². The number of nitrogens with zero attached hydrogens (tertiary/aromatic N) is 2. The molecule has 1 aromatic rings. The molecule has 1 saturated heterocycles. The summed E-state index contributed by atoms with van der Waals surface area (Å²) in [6, 6.07) is 8.92. The minimum absolute atomic E-state index is 0.158. The zero-order valence-electron chi connectivity index (χ0n) is 10.6. The number of rotatable bonds is 2. The molecule has 0 radical (unpaired) electrons. The van der Waals surface area contributed by atoms with Crippen LogP contribution in [0.4, 0.5) is 10.1 Å². The molecule has 4 heteroatoms. The predicted molar refractivity (Wildman–Crippen MR) is 69.8 cm³/mol. The number of hydrogen-bond donors (Lipinski definition) is 1. The Morgan fingerprint density at radius 3 is 2.78 bits per heavy atom. The van der Waals surface area contributed by atoms with E-state index in [1.807, 2.05) is 0 Å². The summed E-state index contributed by atoms with van der Waals surface area (Å²) in [5, 5.41) is 12.3. The number of benzene rings is 1. The Labute approximate surface area is 107 Å². The maximum Gasteiger partial charge on any atom is 0.123 e. The second-order valence-electron chi connectivity index (χ2n) is 4.91. The first kappa shape index (κ1) is 12.8. The van der Waals surface area contributed by atoms with Gasteiger partial charge in [-0.3, -0.25) is 0 Å². The lowest BCUT2D eigenvalue weighted by molar-refractivity contribution is 0.563. The van der Waals surface area contributed by atoms with Gasteiger partial charge < -0.3 is 10.2 Å². The minimum atomic E-state index is -0.225. The van der Waals surface area contributed by atoms with E-state index in [2.05, 4.69) is 23.2 Å². The Morgan fingerprint density at radius 1 is 1.39 bits per heavy atom. The zero-order valence-corrected chi connectivity index (χ0v) is 10.6. The molecule has 1 aliphatic heterocycles. The first-order valence-electron chi connectivity index (χ1n) is 6.30. The van der Waals surface area contributed by atoms with Gasteiger partial charge in [0.1, 0.15) is 5.82 Å². The molecule has 0 bridgehead atoms. The van der Waals surface area contributed by atoms with Crippen LogP contribution in [0, 0.1) is 23.1 Å². The van der Waals surface area contributed by atoms with Crippen molar-refractivity contribution in [1.82, 2.24) is 5.32 Å². The van der Waals surface area contributed by atoms with Crippen LogP contribution in [0.5, 0.6) is 0 Å². The van der Waals surface area contributed by atoms with Gasteiger partial charge in [0.15, 0.2) is 0 Å². The van der Waals surface area contributed by atoms with Crippen molar-refractivity contribution in [3.05, 3.63) is 30.1 Å². The van der Waals surface area contributed by atoms with Gasteiger partial charge >= 0.3 is 0 Å². The summed E-state index contributed by atoms with van der Waals surface area (Å²) < 4.78 is 13.0. The number of halogens is 1. The van der Waals surface area contributed by atoms with E-state index in [0.29, 0.717) is 12.3 Å². The average Bonchev–Trinajstić information content (AvgIpc) is 2.53. The standard InChI is InChI=1S/C14H18FN3/c1-11-8-17-9-14(6-7-16)18(10-11)13-4-2-12(15)3-5-13/h2-5,11,14,17H,6,8-10H2,1H3. The van der Waals surface area contributed by atoms with Crippen molar-refractivity contribution in [3.8, 4) is 6.07 Å². The Bertz CT molecular complexity index is 424. The fraction of sp³-hybridized carbons (Fsp3) is 0.500. The van der Waals surface area contributed by atoms with Crippen LogP contribution in [0.15, 0.2) is 24.3 Å². The quantitative estimate of drug-likeness (QED) is 0.870. The Kier molecular flexibility index (Phi) is 4.16. The van der Waals surface area contributed by atoms with Gasteiger partial charge in [-0.1, -0.05) is 6.92 Å². The summed E-state index contributed by atoms with van der Waals surface area (Å²) in [7, 11) is 0. The third-order valence-electron chi connectivity index (χ3n) is 3.31. The molecular formula is C14H18FN3. The van der Waals surface area contributed by atoms with Crippen LogP contribution in [0.3, 0.4) is 0 Å². The lowest BCUT2D eigenvalue weighted by Gasteiger charge is -2.31. The van der Waals surface area contributed by atoms with Gasteiger partial charge in [-0.15, -0.1) is 0 Å². The van der Waals surface area contributed by atoms with E-state index >= 15 is 0 Å². The third kappa shape index (κ3) is 2.99. The minimum Gasteiger partial charge on any atom is -0.366 e. The molecule has 96 valence electrons. The normalized spacial score (nSPS) is 24.4. The molecule has 3 nitrogen and oxygen atoms in total. The topological polar surface area (TPSA) is 39.1 Å². The first-order chi connectivity index (χ1) is 8.70. The Balaban J connectivity index is 2.23. The van der Waals surface area contributed by atoms with Crippen LogP contribution >= 0.6 is 0 Å². The van der Waals surface area contributed by atoms with E-state index < -0.39 is 0 Å². The highest BCUT2D eigenvalue weighted by Gasteiger charge is 2.23. The van der Waals surface area contributed by atoms with Gasteiger partial charge in [0.05, 0.1) is 18.5 Å². The van der Waals surface area contributed by atoms with Crippen molar-refractivity contribution in [2.75, 3.05) is 24.5 Å². The molecule has 2 atom stereocenters. The van der Waals surface area contributed by atoms with Crippen molar-refractivity contribution < 1.29 is 4.39 Å². The van der Waals surface area contributed by atoms with Crippen molar-refractivity contribution >= 4 is 5.69 Å². The molecule has 1 N–H and O–H groups in total. The van der Waals surface area contributed by atoms with Gasteiger partial charge in [0, 0.05) is 18.8 Å². The van der Waals surface area contributed by atoms with E-state index in [0.717, 1.165) is 25.3 Å². The van der Waals surface area contributed by atoms with E-state index in [-0.39, 0.29) is 11.9 Å². The van der Waals surface area contributed by atoms with Gasteiger partial charge in [-0.05, 0) is 36.7 Å². The van der Waals surface area contributed by atoms with E-state index in [9.17, 15) is 4.39 Å². The molecule has 0 saturated carbocycles. The summed E-state index contributed by atoms with van der Waals surface area (Å²) in [5.74, 6) is 0.287. The van der Waals surface area contributed by atoms with Crippen LogP contribution in [0.1, 0.15) is 13.3 Å². The van der Waals surface area contributed by atoms with E-state index in [1.165, 1.54) is 12.1 Å². The highest BCUT2D eigenvalue weighted by Crippen LogP contribution is 2.22.